The number of benzene rings is 2. The van der Waals surface area contributed by atoms with Crippen LogP contribution < -0.4 is 5.19 Å². The van der Waals surface area contributed by atoms with Crippen LogP contribution in [0.2, 0.25) is 5.02 Å². The number of hydrogen-bond acceptors (Lipinski definition) is 2. The fourth-order valence-corrected chi connectivity index (χ4v) is 4.59. The summed E-state index contributed by atoms with van der Waals surface area (Å²) in [5.74, 6) is 0. The van der Waals surface area contributed by atoms with Crippen molar-refractivity contribution in [3.05, 3.63) is 65.2 Å². The van der Waals surface area contributed by atoms with Gasteiger partial charge in [0.2, 0.25) is 0 Å². The van der Waals surface area contributed by atoms with Gasteiger partial charge in [0.05, 0.1) is 0 Å². The minimum atomic E-state index is -1.07. The summed E-state index contributed by atoms with van der Waals surface area (Å²) in [4.78, 5) is 2.40. The molecular weight excluding hydrogens is 322 g/mol. The van der Waals surface area contributed by atoms with Crippen LogP contribution in [0.4, 0.5) is 0 Å². The van der Waals surface area contributed by atoms with E-state index in [2.05, 4.69) is 61.2 Å². The molecule has 0 aliphatic heterocycles. The second-order valence-electron chi connectivity index (χ2n) is 5.47. The first-order valence-electron chi connectivity index (χ1n) is 8.23. The second kappa shape index (κ2) is 9.88. The third-order valence-corrected chi connectivity index (χ3v) is 6.46. The summed E-state index contributed by atoms with van der Waals surface area (Å²) in [6, 6.07) is 19.7. The SMILES string of the molecule is CCN(CC)CCO[Si](Cc1ccc(Cl)cc1)c1ccccc1. The molecule has 123 valence electrons. The van der Waals surface area contributed by atoms with Crippen LogP contribution in [0.3, 0.4) is 0 Å². The van der Waals surface area contributed by atoms with Crippen LogP contribution in [0, 0.1) is 0 Å². The maximum absolute atomic E-state index is 6.32. The monoisotopic (exact) mass is 346 g/mol. The first kappa shape index (κ1) is 18.2. The van der Waals surface area contributed by atoms with Gasteiger partial charge in [-0.25, -0.2) is 0 Å². The zero-order chi connectivity index (χ0) is 16.5. The molecule has 0 heterocycles. The summed E-state index contributed by atoms with van der Waals surface area (Å²) in [7, 11) is -1.07. The number of likely N-dealkylation sites (N-methyl/N-ethyl adjacent to an activating group) is 1. The van der Waals surface area contributed by atoms with E-state index < -0.39 is 9.04 Å². The van der Waals surface area contributed by atoms with E-state index in [0.29, 0.717) is 0 Å². The lowest BCUT2D eigenvalue weighted by atomic mass is 10.2. The third kappa shape index (κ3) is 6.11. The topological polar surface area (TPSA) is 12.5 Å². The van der Waals surface area contributed by atoms with Crippen molar-refractivity contribution in [2.45, 2.75) is 19.9 Å². The van der Waals surface area contributed by atoms with E-state index in [-0.39, 0.29) is 0 Å². The highest BCUT2D eigenvalue weighted by Crippen LogP contribution is 2.11. The van der Waals surface area contributed by atoms with E-state index in [1.807, 2.05) is 12.1 Å². The Hall–Kier alpha value is -1.13. The Morgan fingerprint density at radius 1 is 0.957 bits per heavy atom. The molecule has 0 aromatic heterocycles. The van der Waals surface area contributed by atoms with Crippen LogP contribution in [-0.4, -0.2) is 40.2 Å². The van der Waals surface area contributed by atoms with E-state index in [1.165, 1.54) is 10.8 Å². The van der Waals surface area contributed by atoms with E-state index in [4.69, 9.17) is 16.0 Å². The number of hydrogen-bond donors (Lipinski definition) is 0. The highest BCUT2D eigenvalue weighted by Gasteiger charge is 2.17. The van der Waals surface area contributed by atoms with Crippen molar-refractivity contribution in [1.82, 2.24) is 4.90 Å². The van der Waals surface area contributed by atoms with Crippen LogP contribution in [0.5, 0.6) is 0 Å². The van der Waals surface area contributed by atoms with Crippen LogP contribution in [0.25, 0.3) is 0 Å². The average molecular weight is 347 g/mol. The molecule has 0 spiro atoms. The van der Waals surface area contributed by atoms with Crippen LogP contribution in [0.1, 0.15) is 19.4 Å². The molecule has 0 aliphatic carbocycles. The van der Waals surface area contributed by atoms with E-state index in [0.717, 1.165) is 37.3 Å². The lowest BCUT2D eigenvalue weighted by Crippen LogP contribution is -2.38. The minimum absolute atomic E-state index is 0.782. The first-order chi connectivity index (χ1) is 11.2. The van der Waals surface area contributed by atoms with Gasteiger partial charge in [-0.1, -0.05) is 67.9 Å². The normalized spacial score (nSPS) is 11.3. The molecule has 0 saturated heterocycles. The fourth-order valence-electron chi connectivity index (χ4n) is 2.49. The molecule has 2 nitrogen and oxygen atoms in total. The molecule has 0 unspecified atom stereocenters. The van der Waals surface area contributed by atoms with Gasteiger partial charge in [0.25, 0.3) is 9.04 Å². The standard InChI is InChI=1S/C19H25ClNOSi/c1-3-21(4-2)14-15-22-23(19-8-6-5-7-9-19)16-17-10-12-18(20)13-11-17/h5-13H,3-4,14-16H2,1-2H3. The van der Waals surface area contributed by atoms with Crippen LogP contribution in [-0.2, 0) is 10.5 Å². The van der Waals surface area contributed by atoms with Crippen LogP contribution >= 0.6 is 11.6 Å². The molecule has 0 N–H and O–H groups in total. The van der Waals surface area contributed by atoms with Gasteiger partial charge in [0.15, 0.2) is 0 Å². The predicted molar refractivity (Wildman–Crippen MR) is 101 cm³/mol. The summed E-state index contributed by atoms with van der Waals surface area (Å²) >= 11 is 5.99. The zero-order valence-corrected chi connectivity index (χ0v) is 15.7. The molecule has 23 heavy (non-hydrogen) atoms. The van der Waals surface area contributed by atoms with Crippen molar-refractivity contribution in [3.63, 3.8) is 0 Å². The molecule has 4 heteroatoms. The highest BCUT2D eigenvalue weighted by molar-refractivity contribution is 6.66. The summed E-state index contributed by atoms with van der Waals surface area (Å²) in [6.07, 6.45) is 0. The van der Waals surface area contributed by atoms with Crippen LogP contribution in [0.15, 0.2) is 54.6 Å². The number of rotatable bonds is 9. The van der Waals surface area contributed by atoms with Crippen molar-refractivity contribution < 1.29 is 4.43 Å². The smallest absolute Gasteiger partial charge is 0.251 e. The zero-order valence-electron chi connectivity index (χ0n) is 14.0. The molecule has 0 saturated carbocycles. The molecule has 1 radical (unpaired) electrons. The van der Waals surface area contributed by atoms with Crippen molar-refractivity contribution in [2.24, 2.45) is 0 Å². The fraction of sp³-hybridized carbons (Fsp3) is 0.368. The van der Waals surface area contributed by atoms with Crippen molar-refractivity contribution >= 4 is 25.8 Å². The lowest BCUT2D eigenvalue weighted by molar-refractivity contribution is 0.224. The molecule has 2 aromatic carbocycles. The van der Waals surface area contributed by atoms with Gasteiger partial charge < -0.3 is 9.33 Å². The molecule has 2 aromatic rings. The van der Waals surface area contributed by atoms with E-state index in [9.17, 15) is 0 Å². The van der Waals surface area contributed by atoms with Crippen molar-refractivity contribution in [2.75, 3.05) is 26.2 Å². The van der Waals surface area contributed by atoms with Crippen molar-refractivity contribution in [1.29, 1.82) is 0 Å². The van der Waals surface area contributed by atoms with Gasteiger partial charge in [0.1, 0.15) is 0 Å². The van der Waals surface area contributed by atoms with E-state index >= 15 is 0 Å². The number of halogens is 1. The average Bonchev–Trinajstić information content (AvgIpc) is 2.60. The molecule has 0 bridgehead atoms. The maximum atomic E-state index is 6.32. The Morgan fingerprint density at radius 3 is 2.22 bits per heavy atom. The third-order valence-electron chi connectivity index (χ3n) is 3.95. The quantitative estimate of drug-likeness (QED) is 0.642. The van der Waals surface area contributed by atoms with E-state index in [1.54, 1.807) is 0 Å². The van der Waals surface area contributed by atoms with Gasteiger partial charge >= 0.3 is 0 Å². The maximum Gasteiger partial charge on any atom is 0.251 e. The summed E-state index contributed by atoms with van der Waals surface area (Å²) in [5.41, 5.74) is 1.29. The predicted octanol–water partition coefficient (Wildman–Crippen LogP) is 3.68. The molecule has 0 aliphatic rings. The Labute approximate surface area is 146 Å². The summed E-state index contributed by atoms with van der Waals surface area (Å²) < 4.78 is 6.32. The Kier molecular flexibility index (Phi) is 7.82. The highest BCUT2D eigenvalue weighted by atomic mass is 35.5. The first-order valence-corrected chi connectivity index (χ1v) is 10.2. The molecule has 0 fully saturated rings. The number of nitrogens with zero attached hydrogens (tertiary/aromatic N) is 1. The summed E-state index contributed by atoms with van der Waals surface area (Å²) in [5, 5.41) is 2.11. The lowest BCUT2D eigenvalue weighted by Gasteiger charge is -2.21. The van der Waals surface area contributed by atoms with Crippen molar-refractivity contribution in [3.8, 4) is 0 Å². The minimum Gasteiger partial charge on any atom is -0.410 e. The Balaban J connectivity index is 2.02. The van der Waals surface area contributed by atoms with Gasteiger partial charge in [-0.15, -0.1) is 0 Å². The van der Waals surface area contributed by atoms with Gasteiger partial charge in [-0.05, 0) is 42.0 Å². The Morgan fingerprint density at radius 2 is 1.61 bits per heavy atom. The van der Waals surface area contributed by atoms with Gasteiger partial charge in [-0.3, -0.25) is 0 Å². The molecular formula is C19H25ClNOSi. The Bertz CT molecular complexity index is 557. The second-order valence-corrected chi connectivity index (χ2v) is 7.97. The van der Waals surface area contributed by atoms with Gasteiger partial charge in [-0.2, -0.15) is 0 Å². The molecule has 0 atom stereocenters. The summed E-state index contributed by atoms with van der Waals surface area (Å²) in [6.45, 7) is 8.32. The largest absolute Gasteiger partial charge is 0.410 e. The molecule has 0 amide bonds. The van der Waals surface area contributed by atoms with Gasteiger partial charge in [0, 0.05) is 18.2 Å². The molecule has 2 rings (SSSR count).